The number of rotatable bonds is 4. The van der Waals surface area contributed by atoms with E-state index >= 15 is 0 Å². The summed E-state index contributed by atoms with van der Waals surface area (Å²) in [4.78, 5) is 0. The Morgan fingerprint density at radius 2 is 2.22 bits per heavy atom. The molecule has 2 rings (SSSR count). The normalized spacial score (nSPS) is 25.8. The summed E-state index contributed by atoms with van der Waals surface area (Å²) in [7, 11) is 1.78. The van der Waals surface area contributed by atoms with Crippen molar-refractivity contribution in [1.29, 1.82) is 0 Å². The zero-order valence-electron chi connectivity index (χ0n) is 11.2. The first-order valence-corrected chi connectivity index (χ1v) is 6.63. The molecule has 18 heavy (non-hydrogen) atoms. The summed E-state index contributed by atoms with van der Waals surface area (Å²) in [5.74, 6) is 0. The van der Waals surface area contributed by atoms with Gasteiger partial charge in [0, 0.05) is 25.1 Å². The van der Waals surface area contributed by atoms with Crippen molar-refractivity contribution < 1.29 is 4.74 Å². The number of ether oxygens (including phenoxy) is 1. The summed E-state index contributed by atoms with van der Waals surface area (Å²) in [6, 6.07) is 6.26. The largest absolute Gasteiger partial charge is 0.398 e. The fourth-order valence-electron chi connectivity index (χ4n) is 2.58. The summed E-state index contributed by atoms with van der Waals surface area (Å²) in [6.45, 7) is 5.28. The highest BCUT2D eigenvalue weighted by Crippen LogP contribution is 2.42. The molecule has 0 spiro atoms. The molecule has 0 saturated heterocycles. The second-order valence-electron chi connectivity index (χ2n) is 5.57. The molecule has 2 atom stereocenters. The van der Waals surface area contributed by atoms with Gasteiger partial charge in [0.1, 0.15) is 0 Å². The number of nitrogens with two attached hydrogens (primary N) is 1. The van der Waals surface area contributed by atoms with Crippen LogP contribution in [-0.2, 0) is 11.3 Å². The second-order valence-corrected chi connectivity index (χ2v) is 5.98. The van der Waals surface area contributed by atoms with E-state index in [2.05, 4.69) is 19.2 Å². The van der Waals surface area contributed by atoms with Gasteiger partial charge in [-0.05, 0) is 24.1 Å². The predicted octanol–water partition coefficient (Wildman–Crippen LogP) is 2.83. The summed E-state index contributed by atoms with van der Waals surface area (Å²) >= 11 is 5.90. The lowest BCUT2D eigenvalue weighted by molar-refractivity contribution is -0.0979. The Hall–Kier alpha value is -0.770. The molecule has 2 unspecified atom stereocenters. The van der Waals surface area contributed by atoms with E-state index in [0.29, 0.717) is 22.9 Å². The molecule has 0 bridgehead atoms. The minimum Gasteiger partial charge on any atom is -0.398 e. The number of hydrogen-bond donors (Lipinski definition) is 2. The molecular weight excluding hydrogens is 248 g/mol. The van der Waals surface area contributed by atoms with Crippen LogP contribution in [0.15, 0.2) is 18.2 Å². The van der Waals surface area contributed by atoms with Crippen molar-refractivity contribution in [2.24, 2.45) is 5.41 Å². The van der Waals surface area contributed by atoms with E-state index in [1.807, 2.05) is 18.2 Å². The Kier molecular flexibility index (Phi) is 3.85. The van der Waals surface area contributed by atoms with Crippen molar-refractivity contribution in [3.8, 4) is 0 Å². The average Bonchev–Trinajstić information content (AvgIpc) is 2.32. The van der Waals surface area contributed by atoms with Crippen molar-refractivity contribution in [3.05, 3.63) is 28.8 Å². The lowest BCUT2D eigenvalue weighted by Gasteiger charge is -2.51. The molecule has 1 aromatic rings. The van der Waals surface area contributed by atoms with Crippen LogP contribution in [-0.4, -0.2) is 19.3 Å². The third-order valence-corrected chi connectivity index (χ3v) is 4.42. The number of benzene rings is 1. The van der Waals surface area contributed by atoms with Gasteiger partial charge in [-0.2, -0.15) is 0 Å². The first-order chi connectivity index (χ1) is 8.45. The van der Waals surface area contributed by atoms with Crippen LogP contribution in [0, 0.1) is 5.41 Å². The molecule has 1 aliphatic rings. The van der Waals surface area contributed by atoms with Gasteiger partial charge in [-0.25, -0.2) is 0 Å². The molecule has 1 aromatic carbocycles. The highest BCUT2D eigenvalue weighted by Gasteiger charge is 2.48. The van der Waals surface area contributed by atoms with Crippen LogP contribution >= 0.6 is 11.6 Å². The van der Waals surface area contributed by atoms with Gasteiger partial charge < -0.3 is 15.8 Å². The second kappa shape index (κ2) is 5.08. The monoisotopic (exact) mass is 268 g/mol. The number of nitrogens with one attached hydrogen (secondary N) is 1. The Morgan fingerprint density at radius 3 is 2.78 bits per heavy atom. The van der Waals surface area contributed by atoms with E-state index < -0.39 is 0 Å². The van der Waals surface area contributed by atoms with Gasteiger partial charge in [-0.3, -0.25) is 0 Å². The molecule has 0 aromatic heterocycles. The quantitative estimate of drug-likeness (QED) is 0.826. The number of halogens is 1. The number of methoxy groups -OCH3 is 1. The molecule has 3 nitrogen and oxygen atoms in total. The van der Waals surface area contributed by atoms with Gasteiger partial charge in [0.25, 0.3) is 0 Å². The van der Waals surface area contributed by atoms with Gasteiger partial charge in [0.2, 0.25) is 0 Å². The molecular formula is C14H21ClN2O. The van der Waals surface area contributed by atoms with Gasteiger partial charge >= 0.3 is 0 Å². The lowest BCUT2D eigenvalue weighted by atomic mass is 9.64. The third-order valence-electron chi connectivity index (χ3n) is 4.08. The van der Waals surface area contributed by atoms with Crippen LogP contribution in [0.1, 0.15) is 25.8 Å². The maximum absolute atomic E-state index is 5.90. The third kappa shape index (κ3) is 2.48. The lowest BCUT2D eigenvalue weighted by Crippen LogP contribution is -2.60. The molecule has 0 aliphatic heterocycles. The standard InChI is InChI=1S/C14H21ClN2O/c1-14(2)12(7-13(14)18-3)17-8-9-4-5-10(15)11(16)6-9/h4-6,12-13,17H,7-8,16H2,1-3H3. The van der Waals surface area contributed by atoms with Crippen molar-refractivity contribution in [3.63, 3.8) is 0 Å². The van der Waals surface area contributed by atoms with Crippen LogP contribution in [0.2, 0.25) is 5.02 Å². The van der Waals surface area contributed by atoms with Crippen molar-refractivity contribution in [2.45, 2.75) is 39.0 Å². The SMILES string of the molecule is COC1CC(NCc2ccc(Cl)c(N)c2)C1(C)C. The fourth-order valence-corrected chi connectivity index (χ4v) is 2.69. The Balaban J connectivity index is 1.91. The fraction of sp³-hybridized carbons (Fsp3) is 0.571. The first-order valence-electron chi connectivity index (χ1n) is 6.25. The smallest absolute Gasteiger partial charge is 0.0652 e. The first kappa shape index (κ1) is 13.7. The highest BCUT2D eigenvalue weighted by molar-refractivity contribution is 6.33. The van der Waals surface area contributed by atoms with Gasteiger partial charge in [0.05, 0.1) is 16.8 Å². The van der Waals surface area contributed by atoms with Gasteiger partial charge in [-0.15, -0.1) is 0 Å². The maximum Gasteiger partial charge on any atom is 0.0652 e. The highest BCUT2D eigenvalue weighted by atomic mass is 35.5. The van der Waals surface area contributed by atoms with Crippen LogP contribution in [0.5, 0.6) is 0 Å². The molecule has 1 aliphatic carbocycles. The van der Waals surface area contributed by atoms with E-state index in [9.17, 15) is 0 Å². The molecule has 0 amide bonds. The molecule has 0 heterocycles. The molecule has 4 heteroatoms. The predicted molar refractivity (Wildman–Crippen MR) is 75.7 cm³/mol. The van der Waals surface area contributed by atoms with Crippen molar-refractivity contribution in [1.82, 2.24) is 5.32 Å². The molecule has 0 radical (unpaired) electrons. The van der Waals surface area contributed by atoms with E-state index in [0.717, 1.165) is 18.5 Å². The maximum atomic E-state index is 5.90. The Morgan fingerprint density at radius 1 is 1.50 bits per heavy atom. The molecule has 1 fully saturated rings. The average molecular weight is 269 g/mol. The van der Waals surface area contributed by atoms with E-state index in [4.69, 9.17) is 22.1 Å². The van der Waals surface area contributed by atoms with Gasteiger partial charge in [0.15, 0.2) is 0 Å². The minimum atomic E-state index is 0.187. The summed E-state index contributed by atoms with van der Waals surface area (Å²) in [5, 5.41) is 4.17. The molecule has 3 N–H and O–H groups in total. The van der Waals surface area contributed by atoms with Crippen LogP contribution < -0.4 is 11.1 Å². The number of nitrogen functional groups attached to an aromatic ring is 1. The zero-order chi connectivity index (χ0) is 13.3. The van der Waals surface area contributed by atoms with Crippen LogP contribution in [0.3, 0.4) is 0 Å². The summed E-state index contributed by atoms with van der Waals surface area (Å²) in [6.07, 6.45) is 1.41. The number of anilines is 1. The van der Waals surface area contributed by atoms with Crippen molar-refractivity contribution in [2.75, 3.05) is 12.8 Å². The van der Waals surface area contributed by atoms with E-state index in [1.54, 1.807) is 7.11 Å². The van der Waals surface area contributed by atoms with E-state index in [-0.39, 0.29) is 5.41 Å². The zero-order valence-corrected chi connectivity index (χ0v) is 11.9. The Labute approximate surface area is 114 Å². The summed E-state index contributed by atoms with van der Waals surface area (Å²) < 4.78 is 5.44. The van der Waals surface area contributed by atoms with Gasteiger partial charge in [-0.1, -0.05) is 31.5 Å². The Bertz CT molecular complexity index is 434. The van der Waals surface area contributed by atoms with Crippen molar-refractivity contribution >= 4 is 17.3 Å². The van der Waals surface area contributed by atoms with Crippen LogP contribution in [0.4, 0.5) is 5.69 Å². The van der Waals surface area contributed by atoms with Crippen LogP contribution in [0.25, 0.3) is 0 Å². The summed E-state index contributed by atoms with van der Waals surface area (Å²) in [5.41, 5.74) is 7.78. The topological polar surface area (TPSA) is 47.3 Å². The minimum absolute atomic E-state index is 0.187. The van der Waals surface area contributed by atoms with E-state index in [1.165, 1.54) is 0 Å². The number of hydrogen-bond acceptors (Lipinski definition) is 3. The molecule has 100 valence electrons. The molecule has 1 saturated carbocycles.